The SMILES string of the molecule is C=CCCC(=O)N[C@@H](Cc1cccc(I)c1)C(=O)O[C@H]1[C@@H](O)[C@H](n2cnc3c(N)ncnc32)O[C@@H]1COP(=O)(O)O[C@H]1C[C@H](n2ccc(N)nc2=O)O[C@@H]1COP(=O)(O)O. The number of phosphoric ester groups is 2. The van der Waals surface area contributed by atoms with Gasteiger partial charge in [0.25, 0.3) is 0 Å². The number of halogens is 1. The van der Waals surface area contributed by atoms with Crippen LogP contribution < -0.4 is 22.5 Å². The minimum absolute atomic E-state index is 0.0122. The predicted octanol–water partition coefficient (Wildman–Crippen LogP) is 0.615. The molecule has 2 aliphatic rings. The number of anilines is 2. The van der Waals surface area contributed by atoms with Gasteiger partial charge in [0.05, 0.1) is 19.5 Å². The number of carbonyl (C=O) groups excluding carboxylic acids is 2. The van der Waals surface area contributed by atoms with Crippen LogP contribution >= 0.6 is 38.2 Å². The van der Waals surface area contributed by atoms with E-state index in [1.54, 1.807) is 24.3 Å². The molecule has 2 aliphatic heterocycles. The first-order valence-electron chi connectivity index (χ1n) is 17.9. The van der Waals surface area contributed by atoms with Gasteiger partial charge in [-0.05, 0) is 52.8 Å². The van der Waals surface area contributed by atoms with Crippen LogP contribution in [0.1, 0.15) is 37.3 Å². The summed E-state index contributed by atoms with van der Waals surface area (Å²) in [6.07, 6.45) is -5.24. The zero-order chi connectivity index (χ0) is 43.4. The summed E-state index contributed by atoms with van der Waals surface area (Å²) < 4.78 is 61.1. The minimum Gasteiger partial charge on any atom is -0.455 e. The summed E-state index contributed by atoms with van der Waals surface area (Å²) in [5.74, 6) is -1.56. The number of ether oxygens (including phenoxy) is 3. The number of nitrogens with one attached hydrogen (secondary N) is 1. The van der Waals surface area contributed by atoms with E-state index in [-0.39, 0.29) is 42.1 Å². The number of esters is 1. The summed E-state index contributed by atoms with van der Waals surface area (Å²) in [5, 5.41) is 14.4. The molecule has 3 aromatic heterocycles. The number of amides is 1. The predicted molar refractivity (Wildman–Crippen MR) is 214 cm³/mol. The number of nitrogens with two attached hydrogens (primary N) is 2. The Kier molecular flexibility index (Phi) is 14.5. The number of aromatic nitrogens is 6. The Labute approximate surface area is 353 Å². The highest BCUT2D eigenvalue weighted by atomic mass is 127. The topological polar surface area (TPSA) is 347 Å². The second-order valence-corrected chi connectivity index (χ2v) is 17.3. The maximum absolute atomic E-state index is 14.0. The molecular formula is C33H40IN9O15P2. The Balaban J connectivity index is 1.24. The van der Waals surface area contributed by atoms with E-state index in [1.807, 2.05) is 6.07 Å². The smallest absolute Gasteiger partial charge is 0.455 e. The molecule has 1 aromatic carbocycles. The summed E-state index contributed by atoms with van der Waals surface area (Å²) in [6.45, 7) is 1.89. The van der Waals surface area contributed by atoms with Gasteiger partial charge in [0.15, 0.2) is 23.8 Å². The fraction of sp³-hybridized carbons (Fsp3) is 0.424. The van der Waals surface area contributed by atoms with E-state index in [0.717, 1.165) is 14.5 Å². The molecule has 9 N–H and O–H groups in total. The third-order valence-electron chi connectivity index (χ3n) is 9.17. The number of phosphoric acid groups is 2. The number of nitrogen functional groups attached to an aromatic ring is 2. The standard InChI is InChI=1S/C33H40IN9O15P2/c1-2-3-7-24(44)40-19(11-17-5-4-6-18(34)10-17)32(46)57-28-22(56-31(27(28)45)43-16-39-26-29(36)37-15-38-30(26)43)14-54-60(51,52)58-20-12-25(42-9-8-23(35)41-33(42)47)55-21(20)13-53-59(48,49)50/h2,4-6,8-10,15-16,19-22,25,27-28,31,45H,1,3,7,11-14H2,(H,40,44)(H,51,52)(H2,35,41,47)(H2,36,37,38)(H2,48,49,50)/t19-,20-,21+,22+,25+,27+,28+,31+/m0/s1. The van der Waals surface area contributed by atoms with Crippen molar-refractivity contribution < 1.29 is 66.3 Å². The third-order valence-corrected chi connectivity index (χ3v) is 11.3. The van der Waals surface area contributed by atoms with Crippen LogP contribution in [0.3, 0.4) is 0 Å². The summed E-state index contributed by atoms with van der Waals surface area (Å²) in [6, 6.07) is 7.17. The lowest BCUT2D eigenvalue weighted by Crippen LogP contribution is -2.47. The maximum Gasteiger partial charge on any atom is 0.472 e. The lowest BCUT2D eigenvalue weighted by Gasteiger charge is -2.25. The zero-order valence-corrected chi connectivity index (χ0v) is 35.1. The third kappa shape index (κ3) is 11.4. The molecule has 1 unspecified atom stereocenters. The van der Waals surface area contributed by atoms with Crippen molar-refractivity contribution >= 4 is 72.9 Å². The van der Waals surface area contributed by atoms with E-state index < -0.39 is 95.4 Å². The van der Waals surface area contributed by atoms with Crippen molar-refractivity contribution in [3.63, 3.8) is 0 Å². The van der Waals surface area contributed by atoms with Gasteiger partial charge in [-0.3, -0.25) is 27.5 Å². The van der Waals surface area contributed by atoms with Crippen LogP contribution in [0.4, 0.5) is 11.6 Å². The van der Waals surface area contributed by atoms with Crippen molar-refractivity contribution in [2.75, 3.05) is 24.7 Å². The normalized spacial score (nSPS) is 24.5. The van der Waals surface area contributed by atoms with Gasteiger partial charge in [-0.15, -0.1) is 6.58 Å². The molecule has 324 valence electrons. The first kappa shape index (κ1) is 45.3. The maximum atomic E-state index is 14.0. The fourth-order valence-corrected chi connectivity index (χ4v) is 8.32. The molecule has 2 fully saturated rings. The Morgan fingerprint density at radius 3 is 2.57 bits per heavy atom. The average Bonchev–Trinajstić information content (AvgIpc) is 3.87. The highest BCUT2D eigenvalue weighted by Gasteiger charge is 2.50. The van der Waals surface area contributed by atoms with Crippen LogP contribution in [0.25, 0.3) is 11.2 Å². The Hall–Kier alpha value is -4.24. The highest BCUT2D eigenvalue weighted by molar-refractivity contribution is 14.1. The number of nitrogens with zero attached hydrogens (tertiary/aromatic N) is 6. The number of allylic oxidation sites excluding steroid dienone is 1. The van der Waals surface area contributed by atoms with Gasteiger partial charge in [0.2, 0.25) is 5.91 Å². The molecule has 0 saturated carbocycles. The van der Waals surface area contributed by atoms with E-state index in [4.69, 9.17) is 34.7 Å². The molecule has 2 saturated heterocycles. The number of rotatable bonds is 18. The number of imidazole rings is 1. The van der Waals surface area contributed by atoms with Gasteiger partial charge < -0.3 is 50.8 Å². The molecule has 0 aliphatic carbocycles. The van der Waals surface area contributed by atoms with Crippen LogP contribution in [-0.4, -0.2) is 111 Å². The summed E-state index contributed by atoms with van der Waals surface area (Å²) in [5.41, 5.74) is 11.6. The molecule has 1 amide bonds. The quantitative estimate of drug-likeness (QED) is 0.0311. The Morgan fingerprint density at radius 2 is 1.85 bits per heavy atom. The molecule has 0 radical (unpaired) electrons. The van der Waals surface area contributed by atoms with E-state index in [9.17, 15) is 43.3 Å². The highest BCUT2D eigenvalue weighted by Crippen LogP contribution is 2.50. The van der Waals surface area contributed by atoms with Gasteiger partial charge in [-0.1, -0.05) is 18.2 Å². The average molecular weight is 992 g/mol. The van der Waals surface area contributed by atoms with Gasteiger partial charge >= 0.3 is 27.3 Å². The van der Waals surface area contributed by atoms with Gasteiger partial charge in [0, 0.05) is 29.0 Å². The van der Waals surface area contributed by atoms with Crippen LogP contribution in [0.15, 0.2) is 66.6 Å². The van der Waals surface area contributed by atoms with E-state index in [1.165, 1.54) is 23.2 Å². The van der Waals surface area contributed by atoms with E-state index in [2.05, 4.69) is 58.9 Å². The van der Waals surface area contributed by atoms with Crippen LogP contribution in [-0.2, 0) is 52.9 Å². The van der Waals surface area contributed by atoms with Gasteiger partial charge in [0.1, 0.15) is 54.3 Å². The number of hydrogen-bond donors (Lipinski definition) is 7. The molecule has 4 aromatic rings. The molecule has 6 rings (SSSR count). The number of hydrogen-bond acceptors (Lipinski definition) is 18. The summed E-state index contributed by atoms with van der Waals surface area (Å²) in [4.78, 5) is 84.8. The van der Waals surface area contributed by atoms with Crippen molar-refractivity contribution in [2.24, 2.45) is 0 Å². The number of aliphatic hydroxyl groups is 1. The van der Waals surface area contributed by atoms with Gasteiger partial charge in [-0.25, -0.2) is 33.7 Å². The summed E-state index contributed by atoms with van der Waals surface area (Å²) in [7, 11) is -10.3. The second-order valence-electron chi connectivity index (χ2n) is 13.4. The molecule has 0 bridgehead atoms. The summed E-state index contributed by atoms with van der Waals surface area (Å²) >= 11 is 2.10. The van der Waals surface area contributed by atoms with Crippen LogP contribution in [0, 0.1) is 3.57 Å². The first-order chi connectivity index (χ1) is 28.4. The second kappa shape index (κ2) is 19.2. The van der Waals surface area contributed by atoms with E-state index in [0.29, 0.717) is 12.0 Å². The monoisotopic (exact) mass is 991 g/mol. The van der Waals surface area contributed by atoms with E-state index >= 15 is 0 Å². The van der Waals surface area contributed by atoms with Crippen molar-refractivity contribution in [3.05, 3.63) is 81.5 Å². The lowest BCUT2D eigenvalue weighted by atomic mass is 10.0. The van der Waals surface area contributed by atoms with Crippen molar-refractivity contribution in [2.45, 2.75) is 74.7 Å². The lowest BCUT2D eigenvalue weighted by molar-refractivity contribution is -0.160. The van der Waals surface area contributed by atoms with Crippen molar-refractivity contribution in [1.82, 2.24) is 34.4 Å². The van der Waals surface area contributed by atoms with Crippen LogP contribution in [0.5, 0.6) is 0 Å². The Morgan fingerprint density at radius 1 is 1.08 bits per heavy atom. The number of carbonyl (C=O) groups is 2. The van der Waals surface area contributed by atoms with Crippen molar-refractivity contribution in [1.29, 1.82) is 0 Å². The number of fused-ring (bicyclic) bond motifs is 1. The Bertz CT molecular complexity index is 2370. The first-order valence-corrected chi connectivity index (χ1v) is 22.0. The molecule has 0 spiro atoms. The molecule has 24 nitrogen and oxygen atoms in total. The largest absolute Gasteiger partial charge is 0.472 e. The minimum atomic E-state index is -5.22. The van der Waals surface area contributed by atoms with Crippen molar-refractivity contribution in [3.8, 4) is 0 Å². The van der Waals surface area contributed by atoms with Crippen LogP contribution in [0.2, 0.25) is 0 Å². The molecule has 5 heterocycles. The molecule has 9 atom stereocenters. The molecular weight excluding hydrogens is 951 g/mol. The van der Waals surface area contributed by atoms with Gasteiger partial charge in [-0.2, -0.15) is 4.98 Å². The number of benzene rings is 1. The fourth-order valence-electron chi connectivity index (χ4n) is 6.41. The molecule has 27 heteroatoms. The zero-order valence-electron chi connectivity index (χ0n) is 31.2. The molecule has 60 heavy (non-hydrogen) atoms. The number of aliphatic hydroxyl groups excluding tert-OH is 1.